The number of hydrogen-bond acceptors (Lipinski definition) is 4. The van der Waals surface area contributed by atoms with Crippen molar-refractivity contribution in [2.24, 2.45) is 11.1 Å². The highest BCUT2D eigenvalue weighted by atomic mass is 32.1. The number of ether oxygens (including phenoxy) is 1. The summed E-state index contributed by atoms with van der Waals surface area (Å²) in [6.45, 7) is 3.24. The lowest BCUT2D eigenvalue weighted by atomic mass is 9.78. The average Bonchev–Trinajstić information content (AvgIpc) is 2.88. The Kier molecular flexibility index (Phi) is 3.75. The van der Waals surface area contributed by atoms with Gasteiger partial charge in [0.2, 0.25) is 5.91 Å². The first-order valence-electron chi connectivity index (χ1n) is 7.26. The van der Waals surface area contributed by atoms with Crippen molar-refractivity contribution < 1.29 is 14.3 Å². The van der Waals surface area contributed by atoms with E-state index in [9.17, 15) is 9.59 Å². The molecule has 21 heavy (non-hydrogen) atoms. The average molecular weight is 312 g/mol. The van der Waals surface area contributed by atoms with Gasteiger partial charge in [-0.15, -0.1) is 0 Å². The van der Waals surface area contributed by atoms with E-state index in [1.807, 2.05) is 4.90 Å². The van der Waals surface area contributed by atoms with Crippen LogP contribution in [-0.2, 0) is 9.53 Å². The van der Waals surface area contributed by atoms with E-state index in [-0.39, 0.29) is 23.0 Å². The number of urea groups is 1. The molecule has 3 amide bonds. The van der Waals surface area contributed by atoms with Crippen molar-refractivity contribution in [2.45, 2.75) is 18.9 Å². The summed E-state index contributed by atoms with van der Waals surface area (Å²) in [7, 11) is 0. The van der Waals surface area contributed by atoms with Crippen molar-refractivity contribution >= 4 is 29.1 Å². The Morgan fingerprint density at radius 1 is 1.38 bits per heavy atom. The highest BCUT2D eigenvalue weighted by Gasteiger charge is 2.47. The molecule has 0 aromatic carbocycles. The predicted molar refractivity (Wildman–Crippen MR) is 79.7 cm³/mol. The highest BCUT2D eigenvalue weighted by molar-refractivity contribution is 7.80. The molecule has 3 rings (SSSR count). The number of thiocarbonyl (C=S) groups is 1. The van der Waals surface area contributed by atoms with Gasteiger partial charge in [-0.2, -0.15) is 0 Å². The second-order valence-electron chi connectivity index (χ2n) is 5.84. The van der Waals surface area contributed by atoms with Crippen molar-refractivity contribution in [1.82, 2.24) is 15.1 Å². The standard InChI is InChI=1S/C13H20N4O3S/c14-10(21)13(1-5-20-6-2-13)11(18)16-3-4-17-9(8-16)7-15-12(17)19/h9H,1-8H2,(H2,14,21)(H,15,19). The van der Waals surface area contributed by atoms with E-state index >= 15 is 0 Å². The lowest BCUT2D eigenvalue weighted by molar-refractivity contribution is -0.144. The summed E-state index contributed by atoms with van der Waals surface area (Å²) in [4.78, 5) is 28.4. The number of carbonyl (C=O) groups is 2. The summed E-state index contributed by atoms with van der Waals surface area (Å²) in [5, 5.41) is 2.81. The monoisotopic (exact) mass is 312 g/mol. The van der Waals surface area contributed by atoms with Gasteiger partial charge in [0.25, 0.3) is 0 Å². The topological polar surface area (TPSA) is 87.9 Å². The van der Waals surface area contributed by atoms with Gasteiger partial charge in [-0.25, -0.2) is 4.79 Å². The summed E-state index contributed by atoms with van der Waals surface area (Å²) in [5.74, 6) is -0.00250. The Hall–Kier alpha value is -1.41. The van der Waals surface area contributed by atoms with Crippen LogP contribution in [-0.4, -0.2) is 72.2 Å². The maximum absolute atomic E-state index is 13.0. The van der Waals surface area contributed by atoms with Crippen LogP contribution in [0.15, 0.2) is 0 Å². The zero-order valence-corrected chi connectivity index (χ0v) is 12.7. The number of nitrogens with zero attached hydrogens (tertiary/aromatic N) is 2. The minimum atomic E-state index is -0.772. The second kappa shape index (κ2) is 5.42. The van der Waals surface area contributed by atoms with Crippen LogP contribution in [0.5, 0.6) is 0 Å². The molecule has 0 aromatic heterocycles. The fraction of sp³-hybridized carbons (Fsp3) is 0.769. The maximum Gasteiger partial charge on any atom is 0.317 e. The maximum atomic E-state index is 13.0. The summed E-state index contributed by atoms with van der Waals surface area (Å²) in [6, 6.07) is 0.0145. The minimum Gasteiger partial charge on any atom is -0.392 e. The highest BCUT2D eigenvalue weighted by Crippen LogP contribution is 2.34. The van der Waals surface area contributed by atoms with Gasteiger partial charge in [0.1, 0.15) is 5.41 Å². The van der Waals surface area contributed by atoms with Crippen molar-refractivity contribution in [2.75, 3.05) is 39.4 Å². The lowest BCUT2D eigenvalue weighted by Crippen LogP contribution is -2.60. The van der Waals surface area contributed by atoms with Gasteiger partial charge in [0.15, 0.2) is 0 Å². The molecule has 8 heteroatoms. The molecule has 3 fully saturated rings. The number of nitrogens with two attached hydrogens (primary N) is 1. The molecule has 0 aromatic rings. The zero-order chi connectivity index (χ0) is 15.0. The van der Waals surface area contributed by atoms with Crippen molar-refractivity contribution in [3.63, 3.8) is 0 Å². The van der Waals surface area contributed by atoms with Crippen LogP contribution in [0.4, 0.5) is 4.79 Å². The molecule has 3 heterocycles. The molecule has 7 nitrogen and oxygen atoms in total. The number of amides is 3. The fourth-order valence-corrected chi connectivity index (χ4v) is 3.67. The molecule has 3 saturated heterocycles. The molecular formula is C13H20N4O3S. The number of rotatable bonds is 2. The third kappa shape index (κ3) is 2.36. The number of nitrogens with one attached hydrogen (secondary N) is 1. The molecule has 3 aliphatic heterocycles. The number of carbonyl (C=O) groups excluding carboxylic acids is 2. The van der Waals surface area contributed by atoms with E-state index in [0.717, 1.165) is 0 Å². The van der Waals surface area contributed by atoms with E-state index in [1.54, 1.807) is 4.90 Å². The van der Waals surface area contributed by atoms with Crippen molar-refractivity contribution in [1.29, 1.82) is 0 Å². The molecule has 0 bridgehead atoms. The molecule has 116 valence electrons. The smallest absolute Gasteiger partial charge is 0.317 e. The van der Waals surface area contributed by atoms with Crippen LogP contribution in [0.1, 0.15) is 12.8 Å². The van der Waals surface area contributed by atoms with Crippen LogP contribution in [0.2, 0.25) is 0 Å². The normalized spacial score (nSPS) is 28.0. The predicted octanol–water partition coefficient (Wildman–Crippen LogP) is -0.695. The van der Waals surface area contributed by atoms with Gasteiger partial charge in [-0.3, -0.25) is 4.79 Å². The van der Waals surface area contributed by atoms with Gasteiger partial charge in [0, 0.05) is 39.4 Å². The quantitative estimate of drug-likeness (QED) is 0.659. The molecule has 3 N–H and O–H groups in total. The van der Waals surface area contributed by atoms with Crippen LogP contribution in [0.3, 0.4) is 0 Å². The third-order valence-corrected chi connectivity index (χ3v) is 5.14. The van der Waals surface area contributed by atoms with Crippen LogP contribution in [0, 0.1) is 5.41 Å². The molecule has 1 atom stereocenters. The molecule has 0 saturated carbocycles. The Morgan fingerprint density at radius 2 is 2.10 bits per heavy atom. The summed E-state index contributed by atoms with van der Waals surface area (Å²) in [5.41, 5.74) is 5.12. The summed E-state index contributed by atoms with van der Waals surface area (Å²) < 4.78 is 5.35. The zero-order valence-electron chi connectivity index (χ0n) is 11.8. The van der Waals surface area contributed by atoms with Gasteiger partial charge in [-0.1, -0.05) is 12.2 Å². The number of hydrogen-bond donors (Lipinski definition) is 2. The lowest BCUT2D eigenvalue weighted by Gasteiger charge is -2.43. The Labute approximate surface area is 128 Å². The fourth-order valence-electron chi connectivity index (χ4n) is 3.38. The van der Waals surface area contributed by atoms with Crippen molar-refractivity contribution in [3.8, 4) is 0 Å². The summed E-state index contributed by atoms with van der Waals surface area (Å²) in [6.07, 6.45) is 1.09. The number of piperazine rings is 1. The van der Waals surface area contributed by atoms with Crippen LogP contribution in [0.25, 0.3) is 0 Å². The molecule has 0 aliphatic carbocycles. The largest absolute Gasteiger partial charge is 0.392 e. The molecule has 1 unspecified atom stereocenters. The Bertz CT molecular complexity index is 478. The van der Waals surface area contributed by atoms with Crippen LogP contribution < -0.4 is 11.1 Å². The number of fused-ring (bicyclic) bond motifs is 1. The van der Waals surface area contributed by atoms with E-state index < -0.39 is 5.41 Å². The first-order chi connectivity index (χ1) is 10.0. The molecule has 0 radical (unpaired) electrons. The third-order valence-electron chi connectivity index (χ3n) is 4.75. The first kappa shape index (κ1) is 14.5. The Morgan fingerprint density at radius 3 is 2.76 bits per heavy atom. The van der Waals surface area contributed by atoms with Gasteiger partial charge in [-0.05, 0) is 12.8 Å². The van der Waals surface area contributed by atoms with E-state index in [1.165, 1.54) is 0 Å². The summed E-state index contributed by atoms with van der Waals surface area (Å²) >= 11 is 5.18. The SMILES string of the molecule is NC(=S)C1(C(=O)N2CCN3C(=O)NCC3C2)CCOCC1. The second-order valence-corrected chi connectivity index (χ2v) is 6.28. The molecular weight excluding hydrogens is 292 g/mol. The van der Waals surface area contributed by atoms with E-state index in [0.29, 0.717) is 52.2 Å². The molecule has 0 spiro atoms. The Balaban J connectivity index is 1.75. The van der Waals surface area contributed by atoms with Gasteiger partial charge >= 0.3 is 6.03 Å². The van der Waals surface area contributed by atoms with Crippen molar-refractivity contribution in [3.05, 3.63) is 0 Å². The van der Waals surface area contributed by atoms with Crippen LogP contribution >= 0.6 is 12.2 Å². The van der Waals surface area contributed by atoms with Gasteiger partial charge in [0.05, 0.1) is 11.0 Å². The van der Waals surface area contributed by atoms with E-state index in [2.05, 4.69) is 5.32 Å². The minimum absolute atomic E-state index is 0.00250. The first-order valence-corrected chi connectivity index (χ1v) is 7.67. The van der Waals surface area contributed by atoms with Gasteiger partial charge < -0.3 is 25.6 Å². The van der Waals surface area contributed by atoms with E-state index in [4.69, 9.17) is 22.7 Å². The molecule has 3 aliphatic rings.